The van der Waals surface area contributed by atoms with Crippen LogP contribution in [0.3, 0.4) is 0 Å². The van der Waals surface area contributed by atoms with E-state index in [1.54, 1.807) is 6.07 Å². The lowest BCUT2D eigenvalue weighted by molar-refractivity contribution is 0.303. The van der Waals surface area contributed by atoms with Crippen molar-refractivity contribution in [1.29, 1.82) is 0 Å². The number of sulfonamides is 1. The summed E-state index contributed by atoms with van der Waals surface area (Å²) in [5.41, 5.74) is 0. The molecule has 0 aliphatic rings. The Balaban J connectivity index is 2.63. The highest BCUT2D eigenvalue weighted by atomic mass is 32.2. The van der Waals surface area contributed by atoms with E-state index in [0.29, 0.717) is 12.5 Å². The van der Waals surface area contributed by atoms with Crippen LogP contribution in [0.15, 0.2) is 23.2 Å². The van der Waals surface area contributed by atoms with Gasteiger partial charge in [0.2, 0.25) is 15.9 Å². The SMILES string of the molecule is CCNCCOc1ccc(S(=O)(=O)N(C)C)cn1. The van der Waals surface area contributed by atoms with Crippen molar-refractivity contribution < 1.29 is 13.2 Å². The van der Waals surface area contributed by atoms with E-state index in [1.807, 2.05) is 6.92 Å². The highest BCUT2D eigenvalue weighted by Crippen LogP contribution is 2.14. The molecule has 0 aromatic carbocycles. The van der Waals surface area contributed by atoms with Gasteiger partial charge in [-0.15, -0.1) is 0 Å². The maximum absolute atomic E-state index is 11.8. The summed E-state index contributed by atoms with van der Waals surface area (Å²) >= 11 is 0. The Labute approximate surface area is 108 Å². The normalized spacial score (nSPS) is 11.8. The zero-order chi connectivity index (χ0) is 13.6. The van der Waals surface area contributed by atoms with Crippen LogP contribution < -0.4 is 10.1 Å². The van der Waals surface area contributed by atoms with Crippen LogP contribution >= 0.6 is 0 Å². The summed E-state index contributed by atoms with van der Waals surface area (Å²) in [6.45, 7) is 4.13. The number of rotatable bonds is 7. The quantitative estimate of drug-likeness (QED) is 0.724. The molecule has 0 unspecified atom stereocenters. The summed E-state index contributed by atoms with van der Waals surface area (Å²) in [6.07, 6.45) is 1.30. The lowest BCUT2D eigenvalue weighted by Gasteiger charge is -2.11. The minimum atomic E-state index is -3.42. The van der Waals surface area contributed by atoms with Gasteiger partial charge in [-0.2, -0.15) is 0 Å². The van der Waals surface area contributed by atoms with Gasteiger partial charge in [-0.05, 0) is 12.6 Å². The predicted octanol–water partition coefficient (Wildman–Crippen LogP) is 0.320. The lowest BCUT2D eigenvalue weighted by Crippen LogP contribution is -2.22. The highest BCUT2D eigenvalue weighted by Gasteiger charge is 2.17. The first-order valence-corrected chi connectivity index (χ1v) is 7.14. The van der Waals surface area contributed by atoms with Crippen molar-refractivity contribution >= 4 is 10.0 Å². The molecule has 1 heterocycles. The Bertz CT molecular complexity index is 457. The Morgan fingerprint density at radius 2 is 2.11 bits per heavy atom. The Hall–Kier alpha value is -1.18. The van der Waals surface area contributed by atoms with Crippen LogP contribution in [0, 0.1) is 0 Å². The van der Waals surface area contributed by atoms with Gasteiger partial charge in [0.25, 0.3) is 0 Å². The van der Waals surface area contributed by atoms with Gasteiger partial charge in [0.05, 0.1) is 6.20 Å². The summed E-state index contributed by atoms with van der Waals surface area (Å²) < 4.78 is 30.1. The van der Waals surface area contributed by atoms with E-state index in [4.69, 9.17) is 4.74 Å². The predicted molar refractivity (Wildman–Crippen MR) is 69.1 cm³/mol. The average Bonchev–Trinajstić information content (AvgIpc) is 2.35. The van der Waals surface area contributed by atoms with E-state index in [0.717, 1.165) is 17.4 Å². The fourth-order valence-electron chi connectivity index (χ4n) is 1.22. The summed E-state index contributed by atoms with van der Waals surface area (Å²) in [6, 6.07) is 3.05. The first-order chi connectivity index (χ1) is 8.48. The molecule has 0 fully saturated rings. The summed E-state index contributed by atoms with van der Waals surface area (Å²) in [5.74, 6) is 0.422. The number of pyridine rings is 1. The van der Waals surface area contributed by atoms with Crippen molar-refractivity contribution in [2.24, 2.45) is 0 Å². The first-order valence-electron chi connectivity index (χ1n) is 5.70. The molecule has 1 aromatic heterocycles. The molecule has 0 spiro atoms. The van der Waals surface area contributed by atoms with Crippen LogP contribution in [0.2, 0.25) is 0 Å². The number of aromatic nitrogens is 1. The second kappa shape index (κ2) is 6.67. The molecule has 0 amide bonds. The van der Waals surface area contributed by atoms with E-state index in [1.165, 1.54) is 26.4 Å². The molecule has 0 aliphatic carbocycles. The molecule has 1 rings (SSSR count). The minimum Gasteiger partial charge on any atom is -0.476 e. The Kier molecular flexibility index (Phi) is 5.52. The molecular weight excluding hydrogens is 254 g/mol. The van der Waals surface area contributed by atoms with Crippen LogP contribution in [0.1, 0.15) is 6.92 Å². The average molecular weight is 273 g/mol. The molecule has 0 saturated carbocycles. The zero-order valence-corrected chi connectivity index (χ0v) is 11.7. The molecule has 0 aliphatic heterocycles. The second-order valence-electron chi connectivity index (χ2n) is 3.82. The van der Waals surface area contributed by atoms with Crippen molar-refractivity contribution in [3.8, 4) is 5.88 Å². The number of nitrogens with zero attached hydrogens (tertiary/aromatic N) is 2. The standard InChI is InChI=1S/C11H19N3O3S/c1-4-12-7-8-17-11-6-5-10(9-13-11)18(15,16)14(2)3/h5-6,9,12H,4,7-8H2,1-3H3. The fourth-order valence-corrected chi connectivity index (χ4v) is 2.07. The van der Waals surface area contributed by atoms with Gasteiger partial charge in [0.15, 0.2) is 0 Å². The highest BCUT2D eigenvalue weighted by molar-refractivity contribution is 7.89. The number of hydrogen-bond donors (Lipinski definition) is 1. The number of likely N-dealkylation sites (N-methyl/N-ethyl adjacent to an activating group) is 1. The molecule has 0 atom stereocenters. The second-order valence-corrected chi connectivity index (χ2v) is 5.97. The van der Waals surface area contributed by atoms with Gasteiger partial charge in [-0.1, -0.05) is 6.92 Å². The van der Waals surface area contributed by atoms with Gasteiger partial charge in [0.1, 0.15) is 11.5 Å². The monoisotopic (exact) mass is 273 g/mol. The molecule has 1 N–H and O–H groups in total. The van der Waals surface area contributed by atoms with Crippen molar-refractivity contribution in [3.05, 3.63) is 18.3 Å². The molecule has 0 radical (unpaired) electrons. The van der Waals surface area contributed by atoms with Gasteiger partial charge in [0, 0.05) is 26.7 Å². The topological polar surface area (TPSA) is 71.5 Å². The third-order valence-corrected chi connectivity index (χ3v) is 4.07. The largest absolute Gasteiger partial charge is 0.476 e. The first kappa shape index (κ1) is 14.9. The lowest BCUT2D eigenvalue weighted by atomic mass is 10.5. The number of hydrogen-bond acceptors (Lipinski definition) is 5. The molecule has 18 heavy (non-hydrogen) atoms. The molecule has 6 nitrogen and oxygen atoms in total. The summed E-state index contributed by atoms with van der Waals surface area (Å²) in [5, 5.41) is 3.11. The van der Waals surface area contributed by atoms with Gasteiger partial charge >= 0.3 is 0 Å². The number of ether oxygens (including phenoxy) is 1. The third-order valence-electron chi connectivity index (χ3n) is 2.27. The molecule has 0 bridgehead atoms. The van der Waals surface area contributed by atoms with Crippen molar-refractivity contribution in [2.45, 2.75) is 11.8 Å². The van der Waals surface area contributed by atoms with E-state index in [2.05, 4.69) is 10.3 Å². The zero-order valence-electron chi connectivity index (χ0n) is 10.9. The van der Waals surface area contributed by atoms with E-state index >= 15 is 0 Å². The summed E-state index contributed by atoms with van der Waals surface area (Å²) in [4.78, 5) is 4.13. The molecule has 1 aromatic rings. The van der Waals surface area contributed by atoms with E-state index in [-0.39, 0.29) is 4.90 Å². The van der Waals surface area contributed by atoms with Crippen LogP contribution in [0.25, 0.3) is 0 Å². The molecule has 0 saturated heterocycles. The Morgan fingerprint density at radius 1 is 1.39 bits per heavy atom. The van der Waals surface area contributed by atoms with Crippen LogP contribution in [-0.2, 0) is 10.0 Å². The van der Waals surface area contributed by atoms with E-state index < -0.39 is 10.0 Å². The van der Waals surface area contributed by atoms with Crippen molar-refractivity contribution in [3.63, 3.8) is 0 Å². The summed E-state index contributed by atoms with van der Waals surface area (Å²) in [7, 11) is -0.455. The van der Waals surface area contributed by atoms with Crippen molar-refractivity contribution in [2.75, 3.05) is 33.8 Å². The molecular formula is C11H19N3O3S. The molecule has 7 heteroatoms. The minimum absolute atomic E-state index is 0.159. The Morgan fingerprint density at radius 3 is 2.61 bits per heavy atom. The maximum atomic E-state index is 11.8. The van der Waals surface area contributed by atoms with Crippen molar-refractivity contribution in [1.82, 2.24) is 14.6 Å². The third kappa shape index (κ3) is 3.94. The van der Waals surface area contributed by atoms with Gasteiger partial charge < -0.3 is 10.1 Å². The van der Waals surface area contributed by atoms with E-state index in [9.17, 15) is 8.42 Å². The van der Waals surface area contributed by atoms with Crippen LogP contribution in [0.4, 0.5) is 0 Å². The van der Waals surface area contributed by atoms with Gasteiger partial charge in [-0.25, -0.2) is 17.7 Å². The smallest absolute Gasteiger partial charge is 0.244 e. The van der Waals surface area contributed by atoms with Crippen LogP contribution in [0.5, 0.6) is 5.88 Å². The fraction of sp³-hybridized carbons (Fsp3) is 0.545. The van der Waals surface area contributed by atoms with Crippen LogP contribution in [-0.4, -0.2) is 51.5 Å². The van der Waals surface area contributed by atoms with Gasteiger partial charge in [-0.3, -0.25) is 0 Å². The number of nitrogens with one attached hydrogen (secondary N) is 1. The molecule has 102 valence electrons. The maximum Gasteiger partial charge on any atom is 0.244 e.